The van der Waals surface area contributed by atoms with Gasteiger partial charge in [-0.2, -0.15) is 0 Å². The molecule has 20 heavy (non-hydrogen) atoms. The predicted octanol–water partition coefficient (Wildman–Crippen LogP) is 2.78. The topological polar surface area (TPSA) is 38.3 Å². The summed E-state index contributed by atoms with van der Waals surface area (Å²) in [5.41, 5.74) is -0.760. The van der Waals surface area contributed by atoms with Crippen LogP contribution in [0.25, 0.3) is 0 Å². The van der Waals surface area contributed by atoms with Gasteiger partial charge in [0.25, 0.3) is 5.91 Å². The van der Waals surface area contributed by atoms with Crippen molar-refractivity contribution in [2.75, 3.05) is 18.5 Å². The van der Waals surface area contributed by atoms with E-state index in [0.29, 0.717) is 43.5 Å². The highest BCUT2D eigenvalue weighted by atomic mass is 79.9. The van der Waals surface area contributed by atoms with E-state index >= 15 is 0 Å². The molecule has 7 heteroatoms. The molecule has 0 aromatic heterocycles. The zero-order valence-corrected chi connectivity index (χ0v) is 12.1. The molecule has 1 aromatic carbocycles. The molecule has 1 N–H and O–H groups in total. The lowest BCUT2D eigenvalue weighted by Gasteiger charge is -2.36. The molecule has 1 heterocycles. The number of rotatable bonds is 3. The van der Waals surface area contributed by atoms with Crippen LogP contribution in [0.15, 0.2) is 12.1 Å². The molecule has 1 aliphatic heterocycles. The van der Waals surface area contributed by atoms with Crippen LogP contribution >= 0.6 is 15.9 Å². The first-order valence-corrected chi connectivity index (χ1v) is 7.20. The number of benzene rings is 1. The molecule has 3 nitrogen and oxygen atoms in total. The molecule has 1 amide bonds. The van der Waals surface area contributed by atoms with Crippen LogP contribution in [-0.2, 0) is 4.74 Å². The average Bonchev–Trinajstić information content (AvgIpc) is 2.45. The molecule has 0 unspecified atom stereocenters. The summed E-state index contributed by atoms with van der Waals surface area (Å²) in [5, 5.41) is 3.25. The number of alkyl halides is 1. The summed E-state index contributed by atoms with van der Waals surface area (Å²) in [7, 11) is 0. The van der Waals surface area contributed by atoms with Crippen LogP contribution in [0.4, 0.5) is 13.2 Å². The summed E-state index contributed by atoms with van der Waals surface area (Å²) in [6, 6.07) is 1.38. The molecule has 1 aromatic rings. The van der Waals surface area contributed by atoms with Crippen molar-refractivity contribution in [3.8, 4) is 0 Å². The van der Waals surface area contributed by atoms with E-state index in [1.807, 2.05) is 0 Å². The smallest absolute Gasteiger partial charge is 0.251 e. The lowest BCUT2D eigenvalue weighted by atomic mass is 9.92. The van der Waals surface area contributed by atoms with Crippen LogP contribution in [0.1, 0.15) is 23.2 Å². The highest BCUT2D eigenvalue weighted by Crippen LogP contribution is 2.24. The van der Waals surface area contributed by atoms with Crippen LogP contribution in [0.5, 0.6) is 0 Å². The molecule has 1 aliphatic rings. The number of ether oxygens (including phenoxy) is 1. The third kappa shape index (κ3) is 3.15. The fourth-order valence-electron chi connectivity index (χ4n) is 2.05. The third-order valence-corrected chi connectivity index (χ3v) is 4.40. The SMILES string of the molecule is O=C(NC1(CBr)CCOCC1)c1cc(F)c(F)c(F)c1. The number of nitrogens with one attached hydrogen (secondary N) is 1. The standard InChI is InChI=1S/C13H13BrF3NO2/c14-7-13(1-3-20-4-2-13)18-12(19)8-5-9(15)11(17)10(16)6-8/h5-6H,1-4,7H2,(H,18,19). The Labute approximate surface area is 122 Å². The van der Waals surface area contributed by atoms with E-state index < -0.39 is 28.9 Å². The minimum Gasteiger partial charge on any atom is -0.381 e. The minimum atomic E-state index is -1.58. The van der Waals surface area contributed by atoms with Gasteiger partial charge < -0.3 is 10.1 Å². The molecule has 2 rings (SSSR count). The van der Waals surface area contributed by atoms with Crippen molar-refractivity contribution >= 4 is 21.8 Å². The van der Waals surface area contributed by atoms with Gasteiger partial charge in [-0.1, -0.05) is 15.9 Å². The number of carbonyl (C=O) groups excluding carboxylic acids is 1. The largest absolute Gasteiger partial charge is 0.381 e. The van der Waals surface area contributed by atoms with Crippen LogP contribution in [0.2, 0.25) is 0 Å². The van der Waals surface area contributed by atoms with E-state index in [9.17, 15) is 18.0 Å². The second-order valence-corrected chi connectivity index (χ2v) is 5.30. The van der Waals surface area contributed by atoms with E-state index in [1.165, 1.54) is 0 Å². The summed E-state index contributed by atoms with van der Waals surface area (Å²) >= 11 is 3.33. The van der Waals surface area contributed by atoms with Crippen molar-refractivity contribution in [1.29, 1.82) is 0 Å². The highest BCUT2D eigenvalue weighted by Gasteiger charge is 2.33. The van der Waals surface area contributed by atoms with Gasteiger partial charge in [0.1, 0.15) is 0 Å². The second kappa shape index (κ2) is 6.13. The number of halogens is 4. The zero-order valence-electron chi connectivity index (χ0n) is 10.5. The number of hydrogen-bond donors (Lipinski definition) is 1. The lowest BCUT2D eigenvalue weighted by Crippen LogP contribution is -2.53. The maximum Gasteiger partial charge on any atom is 0.251 e. The molecular weight excluding hydrogens is 339 g/mol. The maximum absolute atomic E-state index is 13.1. The predicted molar refractivity (Wildman–Crippen MR) is 70.4 cm³/mol. The van der Waals surface area contributed by atoms with Gasteiger partial charge in [-0.25, -0.2) is 13.2 Å². The van der Waals surface area contributed by atoms with E-state index in [2.05, 4.69) is 21.2 Å². The Morgan fingerprint density at radius 1 is 1.25 bits per heavy atom. The fraction of sp³-hybridized carbons (Fsp3) is 0.462. The van der Waals surface area contributed by atoms with Gasteiger partial charge in [0.2, 0.25) is 0 Å². The zero-order chi connectivity index (χ0) is 14.8. The summed E-state index contributed by atoms with van der Waals surface area (Å²) in [5.74, 6) is -4.97. The summed E-state index contributed by atoms with van der Waals surface area (Å²) in [6.45, 7) is 0.996. The quantitative estimate of drug-likeness (QED) is 0.671. The van der Waals surface area contributed by atoms with E-state index in [-0.39, 0.29) is 5.56 Å². The van der Waals surface area contributed by atoms with E-state index in [4.69, 9.17) is 4.74 Å². The molecule has 0 atom stereocenters. The maximum atomic E-state index is 13.1. The molecule has 0 spiro atoms. The summed E-state index contributed by atoms with van der Waals surface area (Å²) in [4.78, 5) is 12.1. The van der Waals surface area contributed by atoms with E-state index in [1.54, 1.807) is 0 Å². The second-order valence-electron chi connectivity index (χ2n) is 4.73. The highest BCUT2D eigenvalue weighted by molar-refractivity contribution is 9.09. The molecule has 0 aliphatic carbocycles. The molecule has 1 fully saturated rings. The molecular formula is C13H13BrF3NO2. The van der Waals surface area contributed by atoms with Crippen molar-refractivity contribution in [3.05, 3.63) is 35.1 Å². The first-order valence-electron chi connectivity index (χ1n) is 6.08. The van der Waals surface area contributed by atoms with Crippen LogP contribution in [-0.4, -0.2) is 30.0 Å². The Morgan fingerprint density at radius 2 is 1.80 bits per heavy atom. The van der Waals surface area contributed by atoms with Gasteiger partial charge in [-0.05, 0) is 25.0 Å². The van der Waals surface area contributed by atoms with Gasteiger partial charge in [0.15, 0.2) is 17.5 Å². The van der Waals surface area contributed by atoms with Gasteiger partial charge in [-0.15, -0.1) is 0 Å². The Kier molecular flexibility index (Phi) is 4.70. The third-order valence-electron chi connectivity index (χ3n) is 3.33. The first-order chi connectivity index (χ1) is 9.47. The molecule has 0 saturated carbocycles. The van der Waals surface area contributed by atoms with Crippen molar-refractivity contribution in [2.45, 2.75) is 18.4 Å². The van der Waals surface area contributed by atoms with Crippen LogP contribution in [0, 0.1) is 17.5 Å². The van der Waals surface area contributed by atoms with Gasteiger partial charge in [0.05, 0.1) is 5.54 Å². The molecule has 0 bridgehead atoms. The Balaban J connectivity index is 2.19. The van der Waals surface area contributed by atoms with Gasteiger partial charge in [-0.3, -0.25) is 4.79 Å². The fourth-order valence-corrected chi connectivity index (χ4v) is 2.75. The molecule has 0 radical (unpaired) electrons. The average molecular weight is 352 g/mol. The van der Waals surface area contributed by atoms with Crippen molar-refractivity contribution < 1.29 is 22.7 Å². The minimum absolute atomic E-state index is 0.242. The first kappa shape index (κ1) is 15.3. The number of amides is 1. The Bertz CT molecular complexity index is 495. The van der Waals surface area contributed by atoms with Crippen molar-refractivity contribution in [3.63, 3.8) is 0 Å². The normalized spacial score (nSPS) is 17.8. The summed E-state index contributed by atoms with van der Waals surface area (Å²) < 4.78 is 44.4. The number of hydrogen-bond acceptors (Lipinski definition) is 2. The monoisotopic (exact) mass is 351 g/mol. The van der Waals surface area contributed by atoms with Crippen LogP contribution in [0.3, 0.4) is 0 Å². The van der Waals surface area contributed by atoms with Gasteiger partial charge in [0, 0.05) is 24.1 Å². The summed E-state index contributed by atoms with van der Waals surface area (Å²) in [6.07, 6.45) is 1.19. The van der Waals surface area contributed by atoms with Gasteiger partial charge >= 0.3 is 0 Å². The number of carbonyl (C=O) groups is 1. The van der Waals surface area contributed by atoms with Crippen molar-refractivity contribution in [1.82, 2.24) is 5.32 Å². The van der Waals surface area contributed by atoms with Crippen LogP contribution < -0.4 is 5.32 Å². The lowest BCUT2D eigenvalue weighted by molar-refractivity contribution is 0.0441. The van der Waals surface area contributed by atoms with E-state index in [0.717, 1.165) is 0 Å². The Hall–Kier alpha value is -1.08. The van der Waals surface area contributed by atoms with Crippen molar-refractivity contribution in [2.24, 2.45) is 0 Å². The molecule has 110 valence electrons. The Morgan fingerprint density at radius 3 is 2.30 bits per heavy atom. The molecule has 1 saturated heterocycles.